The summed E-state index contributed by atoms with van der Waals surface area (Å²) in [6.45, 7) is 1.32. The van der Waals surface area contributed by atoms with Gasteiger partial charge >= 0.3 is 6.18 Å². The van der Waals surface area contributed by atoms with Gasteiger partial charge in [-0.05, 0) is 43.9 Å². The Morgan fingerprint density at radius 1 is 1.12 bits per heavy atom. The minimum atomic E-state index is -4.32. The van der Waals surface area contributed by atoms with Crippen molar-refractivity contribution in [1.82, 2.24) is 19.7 Å². The lowest BCUT2D eigenvalue weighted by Gasteiger charge is -2.26. The average Bonchev–Trinajstić information content (AvgIpc) is 3.20. The van der Waals surface area contributed by atoms with Crippen LogP contribution in [-0.2, 0) is 19.8 Å². The molecule has 0 unspecified atom stereocenters. The summed E-state index contributed by atoms with van der Waals surface area (Å²) in [5, 5.41) is 8.57. The summed E-state index contributed by atoms with van der Waals surface area (Å²) in [7, 11) is 1.96. The summed E-state index contributed by atoms with van der Waals surface area (Å²) in [5.41, 5.74) is -0.152. The van der Waals surface area contributed by atoms with Crippen molar-refractivity contribution in [3.05, 3.63) is 47.0 Å². The Morgan fingerprint density at radius 3 is 2.60 bits per heavy atom. The van der Waals surface area contributed by atoms with Gasteiger partial charge in [0.05, 0.1) is 12.1 Å². The lowest BCUT2D eigenvalue weighted by molar-refractivity contribution is -0.138. The van der Waals surface area contributed by atoms with E-state index in [0.29, 0.717) is 18.0 Å². The molecule has 1 aromatic heterocycles. The van der Waals surface area contributed by atoms with Crippen LogP contribution in [0.3, 0.4) is 0 Å². The summed E-state index contributed by atoms with van der Waals surface area (Å²) in [6.07, 6.45) is -0.395. The van der Waals surface area contributed by atoms with Gasteiger partial charge in [-0.15, -0.1) is 10.2 Å². The SMILES string of the molecule is Cn1c(CN2CCC[C@H]2c2ccccc2C(F)(F)F)nnc1C1CC1. The molecule has 4 rings (SSSR count). The molecule has 25 heavy (non-hydrogen) atoms. The lowest BCUT2D eigenvalue weighted by Crippen LogP contribution is -2.26. The molecular weight excluding hydrogens is 329 g/mol. The Balaban J connectivity index is 1.59. The zero-order valence-electron chi connectivity index (χ0n) is 14.1. The van der Waals surface area contributed by atoms with Gasteiger partial charge in [-0.3, -0.25) is 4.90 Å². The molecular formula is C18H21F3N4. The molecule has 0 amide bonds. The fourth-order valence-corrected chi connectivity index (χ4v) is 3.81. The Labute approximate surface area is 144 Å². The highest BCUT2D eigenvalue weighted by atomic mass is 19.4. The fraction of sp³-hybridized carbons (Fsp3) is 0.556. The average molecular weight is 350 g/mol. The highest BCUT2D eigenvalue weighted by molar-refractivity contribution is 5.33. The van der Waals surface area contributed by atoms with Gasteiger partial charge in [0.1, 0.15) is 11.6 Å². The zero-order valence-corrected chi connectivity index (χ0v) is 14.1. The Bertz CT molecular complexity index is 764. The van der Waals surface area contributed by atoms with Crippen LogP contribution in [0.25, 0.3) is 0 Å². The molecule has 2 heterocycles. The molecule has 0 spiro atoms. The number of benzene rings is 1. The van der Waals surface area contributed by atoms with Gasteiger partial charge in [0.2, 0.25) is 0 Å². The van der Waals surface area contributed by atoms with Gasteiger partial charge < -0.3 is 4.57 Å². The van der Waals surface area contributed by atoms with Gasteiger partial charge in [0.25, 0.3) is 0 Å². The molecule has 1 atom stereocenters. The van der Waals surface area contributed by atoms with Crippen molar-refractivity contribution in [2.24, 2.45) is 7.05 Å². The fourth-order valence-electron chi connectivity index (χ4n) is 3.81. The quantitative estimate of drug-likeness (QED) is 0.834. The van der Waals surface area contributed by atoms with Crippen LogP contribution in [-0.4, -0.2) is 26.2 Å². The van der Waals surface area contributed by atoms with Crippen LogP contribution < -0.4 is 0 Å². The van der Waals surface area contributed by atoms with E-state index >= 15 is 0 Å². The molecule has 0 N–H and O–H groups in total. The second kappa shape index (κ2) is 6.12. The van der Waals surface area contributed by atoms with E-state index in [-0.39, 0.29) is 6.04 Å². The van der Waals surface area contributed by atoms with Crippen LogP contribution in [0.5, 0.6) is 0 Å². The van der Waals surface area contributed by atoms with Crippen molar-refractivity contribution in [2.45, 2.75) is 50.4 Å². The van der Waals surface area contributed by atoms with Crippen LogP contribution in [0, 0.1) is 0 Å². The van der Waals surface area contributed by atoms with Crippen molar-refractivity contribution in [1.29, 1.82) is 0 Å². The predicted molar refractivity (Wildman–Crippen MR) is 86.8 cm³/mol. The molecule has 1 aliphatic heterocycles. The minimum Gasteiger partial charge on any atom is -0.317 e. The van der Waals surface area contributed by atoms with Crippen LogP contribution in [0.1, 0.15) is 60.4 Å². The monoisotopic (exact) mass is 350 g/mol. The number of alkyl halides is 3. The molecule has 0 radical (unpaired) electrons. The molecule has 7 heteroatoms. The normalized spacial score (nSPS) is 21.8. The molecule has 1 aliphatic carbocycles. The van der Waals surface area contributed by atoms with E-state index in [1.165, 1.54) is 12.1 Å². The van der Waals surface area contributed by atoms with Crippen molar-refractivity contribution in [3.63, 3.8) is 0 Å². The third-order valence-corrected chi connectivity index (χ3v) is 5.27. The topological polar surface area (TPSA) is 34.0 Å². The van der Waals surface area contributed by atoms with Crippen LogP contribution in [0.2, 0.25) is 0 Å². The summed E-state index contributed by atoms with van der Waals surface area (Å²) >= 11 is 0. The number of halogens is 3. The van der Waals surface area contributed by atoms with Crippen LogP contribution in [0.4, 0.5) is 13.2 Å². The van der Waals surface area contributed by atoms with Crippen LogP contribution >= 0.6 is 0 Å². The molecule has 1 saturated carbocycles. The highest BCUT2D eigenvalue weighted by Gasteiger charge is 2.38. The van der Waals surface area contributed by atoms with Gasteiger partial charge in [0, 0.05) is 19.0 Å². The third-order valence-electron chi connectivity index (χ3n) is 5.27. The largest absolute Gasteiger partial charge is 0.416 e. The summed E-state index contributed by atoms with van der Waals surface area (Å²) < 4.78 is 42.1. The maximum atomic E-state index is 13.4. The van der Waals surface area contributed by atoms with E-state index in [0.717, 1.165) is 43.9 Å². The van der Waals surface area contributed by atoms with Gasteiger partial charge in [-0.25, -0.2) is 0 Å². The van der Waals surface area contributed by atoms with E-state index in [4.69, 9.17) is 0 Å². The summed E-state index contributed by atoms with van der Waals surface area (Å²) in [5.74, 6) is 2.34. The van der Waals surface area contributed by atoms with Gasteiger partial charge in [-0.1, -0.05) is 18.2 Å². The zero-order chi connectivity index (χ0) is 17.6. The molecule has 1 saturated heterocycles. The van der Waals surface area contributed by atoms with E-state index in [1.54, 1.807) is 12.1 Å². The number of likely N-dealkylation sites (tertiary alicyclic amines) is 1. The first-order valence-electron chi connectivity index (χ1n) is 8.73. The summed E-state index contributed by atoms with van der Waals surface area (Å²) in [6, 6.07) is 5.71. The molecule has 0 bridgehead atoms. The van der Waals surface area contributed by atoms with Crippen molar-refractivity contribution in [2.75, 3.05) is 6.54 Å². The number of rotatable bonds is 4. The Hall–Kier alpha value is -1.89. The molecule has 2 fully saturated rings. The second-order valence-corrected chi connectivity index (χ2v) is 7.02. The van der Waals surface area contributed by atoms with Gasteiger partial charge in [-0.2, -0.15) is 13.2 Å². The first kappa shape index (κ1) is 16.6. The van der Waals surface area contributed by atoms with Crippen LogP contribution in [0.15, 0.2) is 24.3 Å². The number of hydrogen-bond donors (Lipinski definition) is 0. The maximum Gasteiger partial charge on any atom is 0.416 e. The predicted octanol–water partition coefficient (Wildman–Crippen LogP) is 4.05. The first-order chi connectivity index (χ1) is 11.9. The van der Waals surface area contributed by atoms with E-state index in [9.17, 15) is 13.2 Å². The number of aromatic nitrogens is 3. The smallest absolute Gasteiger partial charge is 0.317 e. The second-order valence-electron chi connectivity index (χ2n) is 7.02. The Kier molecular flexibility index (Phi) is 4.06. The number of hydrogen-bond acceptors (Lipinski definition) is 3. The molecule has 2 aromatic rings. The van der Waals surface area contributed by atoms with E-state index in [1.807, 2.05) is 11.6 Å². The molecule has 134 valence electrons. The van der Waals surface area contributed by atoms with Crippen molar-refractivity contribution >= 4 is 0 Å². The number of nitrogens with zero attached hydrogens (tertiary/aromatic N) is 4. The van der Waals surface area contributed by atoms with Gasteiger partial charge in [0.15, 0.2) is 0 Å². The lowest BCUT2D eigenvalue weighted by atomic mass is 9.98. The third kappa shape index (κ3) is 3.17. The van der Waals surface area contributed by atoms with E-state index in [2.05, 4.69) is 15.1 Å². The highest BCUT2D eigenvalue weighted by Crippen LogP contribution is 2.41. The van der Waals surface area contributed by atoms with E-state index < -0.39 is 11.7 Å². The first-order valence-corrected chi connectivity index (χ1v) is 8.73. The minimum absolute atomic E-state index is 0.223. The standard InChI is InChI=1S/C18H21F3N4/c1-24-16(22-23-17(24)12-8-9-12)11-25-10-4-7-15(25)13-5-2-3-6-14(13)18(19,20)21/h2-3,5-6,12,15H,4,7-11H2,1H3/t15-/m0/s1. The van der Waals surface area contributed by atoms with Crippen molar-refractivity contribution < 1.29 is 13.2 Å². The molecule has 1 aromatic carbocycles. The van der Waals surface area contributed by atoms with Crippen molar-refractivity contribution in [3.8, 4) is 0 Å². The maximum absolute atomic E-state index is 13.4. The molecule has 2 aliphatic rings. The molecule has 4 nitrogen and oxygen atoms in total. The summed E-state index contributed by atoms with van der Waals surface area (Å²) in [4.78, 5) is 2.10. The Morgan fingerprint density at radius 2 is 1.88 bits per heavy atom.